The Hall–Kier alpha value is -4.35. The summed E-state index contributed by atoms with van der Waals surface area (Å²) >= 11 is 2.90. The summed E-state index contributed by atoms with van der Waals surface area (Å²) in [6.07, 6.45) is 0.0895. The first-order valence-corrected chi connectivity index (χ1v) is 13.5. The number of imidazole rings is 1. The number of aryl methyl sites for hydroxylation is 2. The zero-order valence-corrected chi connectivity index (χ0v) is 22.1. The number of aromatic nitrogens is 3. The highest BCUT2D eigenvalue weighted by molar-refractivity contribution is 7.18. The van der Waals surface area contributed by atoms with E-state index in [0.717, 1.165) is 21.1 Å². The van der Waals surface area contributed by atoms with Gasteiger partial charge < -0.3 is 15.6 Å². The molecule has 192 valence electrons. The van der Waals surface area contributed by atoms with Gasteiger partial charge in [0.05, 0.1) is 38.0 Å². The molecule has 0 unspecified atom stereocenters. The third kappa shape index (κ3) is 5.63. The Morgan fingerprint density at radius 3 is 2.58 bits per heavy atom. The number of rotatable bonds is 10. The summed E-state index contributed by atoms with van der Waals surface area (Å²) in [6, 6.07) is 18.2. The molecule has 0 bridgehead atoms. The maximum absolute atomic E-state index is 13.1. The lowest BCUT2D eigenvalue weighted by Crippen LogP contribution is -2.18. The first-order valence-electron chi connectivity index (χ1n) is 11.8. The van der Waals surface area contributed by atoms with Crippen LogP contribution in [-0.4, -0.2) is 38.7 Å². The van der Waals surface area contributed by atoms with Crippen LogP contribution >= 0.6 is 22.7 Å². The van der Waals surface area contributed by atoms with E-state index < -0.39 is 5.91 Å². The van der Waals surface area contributed by atoms with Gasteiger partial charge in [0.25, 0.3) is 5.91 Å². The smallest absolute Gasteiger partial charge is 0.268 e. The standard InChI is InChI=1S/C27H24N6O3S2/c1-16-30-20(15-37-16)23-9-10-24(38-23)26(36)32-27-31-19-13-18(7-8-21(19)33(27)12-11-25(28)35)29-14-22(34)17-5-3-2-4-6-17/h2-10,13,15,29H,11-12,14H2,1H3,(H2,28,35)(H,31,32,36). The molecule has 0 radical (unpaired) electrons. The van der Waals surface area contributed by atoms with Crippen molar-refractivity contribution in [2.24, 2.45) is 5.73 Å². The van der Waals surface area contributed by atoms with Gasteiger partial charge in [-0.2, -0.15) is 0 Å². The fourth-order valence-electron chi connectivity index (χ4n) is 3.93. The first-order chi connectivity index (χ1) is 18.4. The van der Waals surface area contributed by atoms with E-state index in [2.05, 4.69) is 20.6 Å². The molecule has 0 fully saturated rings. The summed E-state index contributed by atoms with van der Waals surface area (Å²) in [4.78, 5) is 47.6. The van der Waals surface area contributed by atoms with Gasteiger partial charge in [-0.3, -0.25) is 19.7 Å². The largest absolute Gasteiger partial charge is 0.378 e. The minimum Gasteiger partial charge on any atom is -0.378 e. The van der Waals surface area contributed by atoms with E-state index in [4.69, 9.17) is 5.73 Å². The lowest BCUT2D eigenvalue weighted by molar-refractivity contribution is -0.118. The van der Waals surface area contributed by atoms with Crippen molar-refractivity contribution >= 4 is 62.9 Å². The number of hydrogen-bond acceptors (Lipinski definition) is 8. The van der Waals surface area contributed by atoms with Gasteiger partial charge in [0.2, 0.25) is 11.9 Å². The van der Waals surface area contributed by atoms with Crippen molar-refractivity contribution in [2.75, 3.05) is 17.2 Å². The molecule has 11 heteroatoms. The first kappa shape index (κ1) is 25.3. The third-order valence-corrected chi connectivity index (χ3v) is 7.69. The van der Waals surface area contributed by atoms with Crippen molar-refractivity contribution < 1.29 is 14.4 Å². The van der Waals surface area contributed by atoms with Gasteiger partial charge in [0, 0.05) is 29.6 Å². The highest BCUT2D eigenvalue weighted by Crippen LogP contribution is 2.30. The second-order valence-electron chi connectivity index (χ2n) is 8.52. The van der Waals surface area contributed by atoms with Gasteiger partial charge in [-0.25, -0.2) is 9.97 Å². The molecule has 5 aromatic rings. The van der Waals surface area contributed by atoms with Crippen molar-refractivity contribution in [1.82, 2.24) is 14.5 Å². The Morgan fingerprint density at radius 2 is 1.84 bits per heavy atom. The summed E-state index contributed by atoms with van der Waals surface area (Å²) in [5, 5.41) is 8.94. The Kier molecular flexibility index (Phi) is 7.29. The molecule has 0 aliphatic carbocycles. The summed E-state index contributed by atoms with van der Waals surface area (Å²) in [5.41, 5.74) is 8.90. The molecule has 0 atom stereocenters. The lowest BCUT2D eigenvalue weighted by atomic mass is 10.1. The fourth-order valence-corrected chi connectivity index (χ4v) is 5.48. The summed E-state index contributed by atoms with van der Waals surface area (Å²) in [6.45, 7) is 2.32. The number of nitrogens with one attached hydrogen (secondary N) is 2. The van der Waals surface area contributed by atoms with E-state index in [1.807, 2.05) is 48.7 Å². The number of thiophene rings is 1. The molecule has 3 aromatic heterocycles. The summed E-state index contributed by atoms with van der Waals surface area (Å²) < 4.78 is 1.76. The number of fused-ring (bicyclic) bond motifs is 1. The number of nitrogens with two attached hydrogens (primary N) is 1. The van der Waals surface area contributed by atoms with Crippen molar-refractivity contribution in [1.29, 1.82) is 0 Å². The Labute approximate surface area is 226 Å². The lowest BCUT2D eigenvalue weighted by Gasteiger charge is -2.09. The highest BCUT2D eigenvalue weighted by atomic mass is 32.1. The van der Waals surface area contributed by atoms with Crippen LogP contribution in [0, 0.1) is 6.92 Å². The number of thiazole rings is 1. The van der Waals surface area contributed by atoms with Crippen LogP contribution < -0.4 is 16.4 Å². The molecule has 0 saturated heterocycles. The van der Waals surface area contributed by atoms with E-state index >= 15 is 0 Å². The van der Waals surface area contributed by atoms with Crippen LogP contribution in [0.1, 0.15) is 31.5 Å². The normalized spacial score (nSPS) is 11.0. The molecular weight excluding hydrogens is 520 g/mol. The van der Waals surface area contributed by atoms with Crippen LogP contribution in [0.3, 0.4) is 0 Å². The maximum atomic E-state index is 13.1. The predicted molar refractivity (Wildman–Crippen MR) is 151 cm³/mol. The molecule has 4 N–H and O–H groups in total. The molecule has 9 nitrogen and oxygen atoms in total. The van der Waals surface area contributed by atoms with Gasteiger partial charge in [-0.1, -0.05) is 30.3 Å². The van der Waals surface area contributed by atoms with Crippen LogP contribution in [-0.2, 0) is 11.3 Å². The molecule has 0 saturated carbocycles. The monoisotopic (exact) mass is 544 g/mol. The highest BCUT2D eigenvalue weighted by Gasteiger charge is 2.18. The molecule has 0 aliphatic rings. The molecule has 5 rings (SSSR count). The zero-order chi connectivity index (χ0) is 26.6. The van der Waals surface area contributed by atoms with Crippen LogP contribution in [0.25, 0.3) is 21.6 Å². The van der Waals surface area contributed by atoms with E-state index in [1.165, 1.54) is 11.3 Å². The van der Waals surface area contributed by atoms with Gasteiger partial charge in [0.1, 0.15) is 0 Å². The van der Waals surface area contributed by atoms with Crippen molar-refractivity contribution in [2.45, 2.75) is 19.9 Å². The summed E-state index contributed by atoms with van der Waals surface area (Å²) in [7, 11) is 0. The van der Waals surface area contributed by atoms with Crippen LogP contribution in [0.2, 0.25) is 0 Å². The molecule has 0 spiro atoms. The Morgan fingerprint density at radius 1 is 1.03 bits per heavy atom. The number of anilines is 2. The molecular formula is C27H24N6O3S2. The predicted octanol–water partition coefficient (Wildman–Crippen LogP) is 4.95. The van der Waals surface area contributed by atoms with E-state index in [0.29, 0.717) is 27.6 Å². The van der Waals surface area contributed by atoms with E-state index in [9.17, 15) is 14.4 Å². The van der Waals surface area contributed by atoms with Crippen molar-refractivity contribution in [3.8, 4) is 10.6 Å². The average molecular weight is 545 g/mol. The number of primary amides is 1. The number of benzene rings is 2. The maximum Gasteiger partial charge on any atom is 0.268 e. The fraction of sp³-hybridized carbons (Fsp3) is 0.148. The number of carbonyl (C=O) groups excluding carboxylic acids is 3. The van der Waals surface area contributed by atoms with Crippen molar-refractivity contribution in [3.63, 3.8) is 0 Å². The van der Waals surface area contributed by atoms with Crippen LogP contribution in [0.5, 0.6) is 0 Å². The van der Waals surface area contributed by atoms with Crippen LogP contribution in [0.4, 0.5) is 11.6 Å². The molecule has 38 heavy (non-hydrogen) atoms. The zero-order valence-electron chi connectivity index (χ0n) is 20.4. The van der Waals surface area contributed by atoms with Gasteiger partial charge in [-0.05, 0) is 37.3 Å². The number of hydrogen-bond donors (Lipinski definition) is 3. The molecule has 2 amide bonds. The van der Waals surface area contributed by atoms with Crippen molar-refractivity contribution in [3.05, 3.63) is 81.5 Å². The average Bonchev–Trinajstić information content (AvgIpc) is 3.64. The topological polar surface area (TPSA) is 132 Å². The summed E-state index contributed by atoms with van der Waals surface area (Å²) in [5.74, 6) is -0.490. The number of amides is 2. The van der Waals surface area contributed by atoms with Gasteiger partial charge >= 0.3 is 0 Å². The minimum absolute atomic E-state index is 0.0335. The quantitative estimate of drug-likeness (QED) is 0.213. The van der Waals surface area contributed by atoms with E-state index in [-0.39, 0.29) is 31.2 Å². The second-order valence-corrected chi connectivity index (χ2v) is 10.7. The van der Waals surface area contributed by atoms with E-state index in [1.54, 1.807) is 40.2 Å². The third-order valence-electron chi connectivity index (χ3n) is 5.81. The van der Waals surface area contributed by atoms with Gasteiger partial charge in [-0.15, -0.1) is 22.7 Å². The minimum atomic E-state index is -0.455. The molecule has 0 aliphatic heterocycles. The molecule has 3 heterocycles. The molecule has 2 aromatic carbocycles. The van der Waals surface area contributed by atoms with Gasteiger partial charge in [0.15, 0.2) is 5.78 Å². The SMILES string of the molecule is Cc1nc(-c2ccc(C(=O)Nc3nc4cc(NCC(=O)c5ccccc5)ccc4n3CCC(N)=O)s2)cs1. The Balaban J connectivity index is 1.37. The number of carbonyl (C=O) groups is 3. The number of Topliss-reactive ketones (excluding diaryl/α,β-unsaturated/α-hetero) is 1. The second kappa shape index (κ2) is 11.0. The Bertz CT molecular complexity index is 1640. The number of ketones is 1. The van der Waals surface area contributed by atoms with Crippen LogP contribution in [0.15, 0.2) is 66.0 Å². The number of nitrogens with zero attached hydrogens (tertiary/aromatic N) is 3.